The fourth-order valence-corrected chi connectivity index (χ4v) is 1.89. The lowest BCUT2D eigenvalue weighted by atomic mass is 9.95. The summed E-state index contributed by atoms with van der Waals surface area (Å²) < 4.78 is 0. The highest BCUT2D eigenvalue weighted by Crippen LogP contribution is 2.48. The lowest BCUT2D eigenvalue weighted by molar-refractivity contribution is 0.570. The molecule has 1 saturated carbocycles. The number of allylic oxidation sites excluding steroid dienone is 1. The minimum atomic E-state index is 0.609. The number of hydrogen-bond donors (Lipinski definition) is 0. The van der Waals surface area contributed by atoms with Crippen LogP contribution in [-0.4, -0.2) is 0 Å². The van der Waals surface area contributed by atoms with E-state index in [4.69, 9.17) is 0 Å². The third kappa shape index (κ3) is 2.06. The second-order valence-corrected chi connectivity index (χ2v) is 4.69. The van der Waals surface area contributed by atoms with Gasteiger partial charge in [0.05, 0.1) is 0 Å². The first-order chi connectivity index (χ1) is 6.73. The maximum Gasteiger partial charge on any atom is -0.0219 e. The second-order valence-electron chi connectivity index (χ2n) is 4.69. The molecule has 2 rings (SSSR count). The summed E-state index contributed by atoms with van der Waals surface area (Å²) in [5, 5.41) is 0. The zero-order chi connectivity index (χ0) is 10.0. The van der Waals surface area contributed by atoms with Gasteiger partial charge < -0.3 is 0 Å². The lowest BCUT2D eigenvalue weighted by Crippen LogP contribution is -2.00. The van der Waals surface area contributed by atoms with Crippen molar-refractivity contribution in [2.75, 3.05) is 0 Å². The molecule has 0 aromatic heterocycles. The molecule has 0 atom stereocenters. The van der Waals surface area contributed by atoms with Crippen LogP contribution in [0.4, 0.5) is 0 Å². The topological polar surface area (TPSA) is 0 Å². The van der Waals surface area contributed by atoms with Crippen LogP contribution in [0.3, 0.4) is 0 Å². The molecule has 1 aromatic rings. The van der Waals surface area contributed by atoms with Crippen molar-refractivity contribution in [3.05, 3.63) is 41.5 Å². The average molecular weight is 186 g/mol. The molecule has 0 saturated heterocycles. The minimum Gasteiger partial charge on any atom is -0.0871 e. The monoisotopic (exact) mass is 186 g/mol. The highest BCUT2D eigenvalue weighted by molar-refractivity contribution is 5.53. The van der Waals surface area contributed by atoms with E-state index in [0.29, 0.717) is 5.41 Å². The van der Waals surface area contributed by atoms with E-state index >= 15 is 0 Å². The Morgan fingerprint density at radius 3 is 2.64 bits per heavy atom. The first-order valence-corrected chi connectivity index (χ1v) is 5.44. The molecule has 14 heavy (non-hydrogen) atoms. The molecule has 74 valence electrons. The van der Waals surface area contributed by atoms with E-state index < -0.39 is 0 Å². The maximum absolute atomic E-state index is 2.39. The molecule has 0 N–H and O–H groups in total. The molecule has 0 heterocycles. The van der Waals surface area contributed by atoms with Crippen LogP contribution in [0.2, 0.25) is 0 Å². The molecular weight excluding hydrogens is 168 g/mol. The molecule has 1 aliphatic rings. The van der Waals surface area contributed by atoms with E-state index in [-0.39, 0.29) is 0 Å². The maximum atomic E-state index is 2.39. The van der Waals surface area contributed by atoms with Crippen molar-refractivity contribution in [3.8, 4) is 0 Å². The summed E-state index contributed by atoms with van der Waals surface area (Å²) in [7, 11) is 0. The summed E-state index contributed by atoms with van der Waals surface area (Å²) in [6.45, 7) is 4.47. The van der Waals surface area contributed by atoms with Crippen molar-refractivity contribution in [1.82, 2.24) is 0 Å². The van der Waals surface area contributed by atoms with Gasteiger partial charge >= 0.3 is 0 Å². The van der Waals surface area contributed by atoms with Gasteiger partial charge in [0.15, 0.2) is 0 Å². The zero-order valence-electron chi connectivity index (χ0n) is 9.09. The second kappa shape index (κ2) is 3.61. The molecular formula is C14H18. The van der Waals surface area contributed by atoms with Gasteiger partial charge in [0.2, 0.25) is 0 Å². The van der Waals surface area contributed by atoms with Gasteiger partial charge in [-0.05, 0) is 42.7 Å². The lowest BCUT2D eigenvalue weighted by Gasteiger charge is -2.10. The Morgan fingerprint density at radius 2 is 2.00 bits per heavy atom. The van der Waals surface area contributed by atoms with Crippen LogP contribution in [0.25, 0.3) is 6.08 Å². The third-order valence-electron chi connectivity index (χ3n) is 3.12. The van der Waals surface area contributed by atoms with Gasteiger partial charge in [-0.3, -0.25) is 0 Å². The summed E-state index contributed by atoms with van der Waals surface area (Å²) in [5.74, 6) is 0. The van der Waals surface area contributed by atoms with Gasteiger partial charge in [0.25, 0.3) is 0 Å². The SMILES string of the molecule is C/C=C\c1ccccc1CC1(C)CC1. The Bertz CT molecular complexity index is 343. The number of benzene rings is 1. The van der Waals surface area contributed by atoms with Crippen molar-refractivity contribution >= 4 is 6.08 Å². The molecule has 0 bridgehead atoms. The largest absolute Gasteiger partial charge is 0.0871 e. The van der Waals surface area contributed by atoms with Crippen LogP contribution >= 0.6 is 0 Å². The first kappa shape index (κ1) is 9.51. The highest BCUT2D eigenvalue weighted by Gasteiger charge is 2.37. The van der Waals surface area contributed by atoms with E-state index in [0.717, 1.165) is 0 Å². The standard InChI is InChI=1S/C14H18/c1-3-6-12-7-4-5-8-13(12)11-14(2)9-10-14/h3-8H,9-11H2,1-2H3/b6-3-. The van der Waals surface area contributed by atoms with E-state index in [1.165, 1.54) is 30.4 Å². The van der Waals surface area contributed by atoms with Crippen LogP contribution in [0.5, 0.6) is 0 Å². The molecule has 1 aliphatic carbocycles. The number of rotatable bonds is 3. The molecule has 1 aromatic carbocycles. The van der Waals surface area contributed by atoms with E-state index in [1.807, 2.05) is 0 Å². The third-order valence-corrected chi connectivity index (χ3v) is 3.12. The fourth-order valence-electron chi connectivity index (χ4n) is 1.89. The van der Waals surface area contributed by atoms with Crippen LogP contribution in [0, 0.1) is 5.41 Å². The molecule has 0 unspecified atom stereocenters. The van der Waals surface area contributed by atoms with Crippen LogP contribution in [-0.2, 0) is 6.42 Å². The average Bonchev–Trinajstić information content (AvgIpc) is 2.88. The fraction of sp³-hybridized carbons (Fsp3) is 0.429. The van der Waals surface area contributed by atoms with Gasteiger partial charge in [-0.15, -0.1) is 0 Å². The van der Waals surface area contributed by atoms with Crippen molar-refractivity contribution in [1.29, 1.82) is 0 Å². The van der Waals surface area contributed by atoms with Gasteiger partial charge in [-0.2, -0.15) is 0 Å². The normalized spacial score (nSPS) is 18.7. The van der Waals surface area contributed by atoms with Gasteiger partial charge in [-0.1, -0.05) is 43.3 Å². The first-order valence-electron chi connectivity index (χ1n) is 5.44. The Labute approximate surface area is 86.7 Å². The molecule has 0 amide bonds. The van der Waals surface area contributed by atoms with Crippen molar-refractivity contribution in [3.63, 3.8) is 0 Å². The van der Waals surface area contributed by atoms with Crippen LogP contribution in [0.15, 0.2) is 30.3 Å². The Hall–Kier alpha value is -1.04. The van der Waals surface area contributed by atoms with Crippen molar-refractivity contribution < 1.29 is 0 Å². The Balaban J connectivity index is 2.22. The quantitative estimate of drug-likeness (QED) is 0.667. The van der Waals surface area contributed by atoms with Crippen LogP contribution < -0.4 is 0 Å². The predicted octanol–water partition coefficient (Wildman–Crippen LogP) is 4.06. The van der Waals surface area contributed by atoms with Gasteiger partial charge in [0.1, 0.15) is 0 Å². The molecule has 0 heteroatoms. The van der Waals surface area contributed by atoms with Crippen LogP contribution in [0.1, 0.15) is 37.8 Å². The molecule has 0 nitrogen and oxygen atoms in total. The summed E-state index contributed by atoms with van der Waals surface area (Å²) in [5.41, 5.74) is 3.51. The summed E-state index contributed by atoms with van der Waals surface area (Å²) in [6, 6.07) is 8.74. The summed E-state index contributed by atoms with van der Waals surface area (Å²) >= 11 is 0. The van der Waals surface area contributed by atoms with E-state index in [1.54, 1.807) is 0 Å². The summed E-state index contributed by atoms with van der Waals surface area (Å²) in [6.07, 6.45) is 8.37. The zero-order valence-corrected chi connectivity index (χ0v) is 9.09. The predicted molar refractivity (Wildman–Crippen MR) is 62.2 cm³/mol. The Kier molecular flexibility index (Phi) is 2.45. The van der Waals surface area contributed by atoms with Gasteiger partial charge in [-0.25, -0.2) is 0 Å². The number of hydrogen-bond acceptors (Lipinski definition) is 0. The van der Waals surface area contributed by atoms with Gasteiger partial charge in [0, 0.05) is 0 Å². The van der Waals surface area contributed by atoms with Crippen molar-refractivity contribution in [2.45, 2.75) is 33.1 Å². The molecule has 1 fully saturated rings. The van der Waals surface area contributed by atoms with E-state index in [9.17, 15) is 0 Å². The van der Waals surface area contributed by atoms with Crippen molar-refractivity contribution in [2.24, 2.45) is 5.41 Å². The highest BCUT2D eigenvalue weighted by atomic mass is 14.4. The Morgan fingerprint density at radius 1 is 1.29 bits per heavy atom. The molecule has 0 aliphatic heterocycles. The smallest absolute Gasteiger partial charge is 0.0219 e. The summed E-state index contributed by atoms with van der Waals surface area (Å²) in [4.78, 5) is 0. The van der Waals surface area contributed by atoms with E-state index in [2.05, 4.69) is 50.3 Å². The molecule has 0 spiro atoms. The molecule has 0 radical (unpaired) electrons. The minimum absolute atomic E-state index is 0.609.